The van der Waals surface area contributed by atoms with E-state index in [0.29, 0.717) is 0 Å². The maximum Gasteiger partial charge on any atom is 0.313 e. The maximum atomic E-state index is 12.8. The monoisotopic (exact) mass is 468 g/mol. The number of esters is 1. The fraction of sp³-hybridized carbons (Fsp3) is 0.500. The van der Waals surface area contributed by atoms with Crippen LogP contribution in [0.1, 0.15) is 73.1 Å². The Bertz CT molecular complexity index is 819. The molecule has 0 saturated heterocycles. The van der Waals surface area contributed by atoms with Gasteiger partial charge in [0.05, 0.1) is 12.7 Å². The molecule has 0 aliphatic rings. The number of hydrogen-bond acceptors (Lipinski definition) is 4. The van der Waals surface area contributed by atoms with Crippen molar-refractivity contribution in [2.75, 3.05) is 6.61 Å². The molecule has 0 unspecified atom stereocenters. The number of hydrogen-bond donors (Lipinski definition) is 0. The molecule has 0 aliphatic carbocycles. The highest BCUT2D eigenvalue weighted by molar-refractivity contribution is 6.99. The van der Waals surface area contributed by atoms with Crippen LogP contribution in [0.15, 0.2) is 60.7 Å². The van der Waals surface area contributed by atoms with Crippen LogP contribution in [0.5, 0.6) is 0 Å². The lowest BCUT2D eigenvalue weighted by molar-refractivity contribution is -0.145. The molecule has 1 atom stereocenters. The Morgan fingerprint density at radius 1 is 0.879 bits per heavy atom. The fourth-order valence-corrected chi connectivity index (χ4v) is 9.18. The van der Waals surface area contributed by atoms with Crippen LogP contribution in [0.4, 0.5) is 0 Å². The molecule has 0 saturated carbocycles. The molecule has 0 radical (unpaired) electrons. The molecule has 2 rings (SSSR count). The van der Waals surface area contributed by atoms with Gasteiger partial charge in [0.2, 0.25) is 0 Å². The summed E-state index contributed by atoms with van der Waals surface area (Å²) in [5.74, 6) is -0.576. The van der Waals surface area contributed by atoms with Gasteiger partial charge >= 0.3 is 5.97 Å². The van der Waals surface area contributed by atoms with E-state index in [9.17, 15) is 9.59 Å². The van der Waals surface area contributed by atoms with Gasteiger partial charge in [0.1, 0.15) is 12.2 Å². The average molecular weight is 469 g/mol. The van der Waals surface area contributed by atoms with Crippen LogP contribution >= 0.6 is 0 Å². The van der Waals surface area contributed by atoms with E-state index in [4.69, 9.17) is 9.16 Å². The second-order valence-electron chi connectivity index (χ2n) is 9.62. The molecule has 4 nitrogen and oxygen atoms in total. The van der Waals surface area contributed by atoms with Crippen LogP contribution in [-0.4, -0.2) is 32.8 Å². The molecule has 0 heterocycles. The Morgan fingerprint density at radius 3 is 1.88 bits per heavy atom. The van der Waals surface area contributed by atoms with E-state index >= 15 is 0 Å². The van der Waals surface area contributed by atoms with Crippen molar-refractivity contribution >= 4 is 30.4 Å². The Hall–Kier alpha value is -2.24. The van der Waals surface area contributed by atoms with E-state index in [1.807, 2.05) is 12.1 Å². The number of carbonyl (C=O) groups excluding carboxylic acids is 2. The predicted octanol–water partition coefficient (Wildman–Crippen LogP) is 5.42. The summed E-state index contributed by atoms with van der Waals surface area (Å²) in [5, 5.41) is 2.23. The summed E-state index contributed by atoms with van der Waals surface area (Å²) >= 11 is 0. The molecule has 0 N–H and O–H groups in total. The van der Waals surface area contributed by atoms with Gasteiger partial charge in [-0.3, -0.25) is 9.59 Å². The zero-order valence-electron chi connectivity index (χ0n) is 20.9. The third-order valence-corrected chi connectivity index (χ3v) is 11.1. The summed E-state index contributed by atoms with van der Waals surface area (Å²) in [6, 6.07) is 20.9. The van der Waals surface area contributed by atoms with Crippen molar-refractivity contribution in [3.05, 3.63) is 60.7 Å². The topological polar surface area (TPSA) is 52.6 Å². The molecule has 2 aromatic carbocycles. The van der Waals surface area contributed by atoms with E-state index in [1.165, 1.54) is 10.4 Å². The van der Waals surface area contributed by atoms with Gasteiger partial charge in [0, 0.05) is 6.42 Å². The number of benzene rings is 2. The lowest BCUT2D eigenvalue weighted by Gasteiger charge is -2.45. The molecule has 0 fully saturated rings. The quantitative estimate of drug-likeness (QED) is 0.170. The van der Waals surface area contributed by atoms with Crippen molar-refractivity contribution in [1.29, 1.82) is 0 Å². The van der Waals surface area contributed by atoms with Crippen molar-refractivity contribution in [1.82, 2.24) is 0 Å². The van der Waals surface area contributed by atoms with Gasteiger partial charge in [-0.25, -0.2) is 0 Å². The van der Waals surface area contributed by atoms with E-state index in [0.717, 1.165) is 25.7 Å². The lowest BCUT2D eigenvalue weighted by Crippen LogP contribution is -2.67. The Morgan fingerprint density at radius 2 is 1.42 bits per heavy atom. The molecular weight excluding hydrogens is 428 g/mol. The molecule has 33 heavy (non-hydrogen) atoms. The first-order valence-electron chi connectivity index (χ1n) is 12.2. The first-order valence-corrected chi connectivity index (χ1v) is 14.1. The highest BCUT2D eigenvalue weighted by Crippen LogP contribution is 2.38. The number of Topliss-reactive ketones (excluding diaryl/α,β-unsaturated/α-hetero) is 1. The van der Waals surface area contributed by atoms with Gasteiger partial charge in [0.25, 0.3) is 8.32 Å². The smallest absolute Gasteiger partial charge is 0.313 e. The largest absolute Gasteiger partial charge is 0.466 e. The lowest BCUT2D eigenvalue weighted by atomic mass is 10.0. The third kappa shape index (κ3) is 7.37. The average Bonchev–Trinajstić information content (AvgIpc) is 2.77. The number of carbonyl (C=O) groups is 2. The summed E-state index contributed by atoms with van der Waals surface area (Å²) in [5.41, 5.74) is 0. The van der Waals surface area contributed by atoms with Gasteiger partial charge < -0.3 is 9.16 Å². The van der Waals surface area contributed by atoms with Crippen LogP contribution in [0.3, 0.4) is 0 Å². The second-order valence-corrected chi connectivity index (χ2v) is 13.9. The van der Waals surface area contributed by atoms with Crippen LogP contribution in [-0.2, 0) is 18.8 Å². The van der Waals surface area contributed by atoms with Crippen molar-refractivity contribution in [2.45, 2.75) is 84.3 Å². The number of ether oxygens (including phenoxy) is 1. The predicted molar refractivity (Wildman–Crippen MR) is 138 cm³/mol. The normalized spacial score (nSPS) is 12.9. The molecule has 0 spiro atoms. The van der Waals surface area contributed by atoms with E-state index in [2.05, 4.69) is 76.2 Å². The summed E-state index contributed by atoms with van der Waals surface area (Å²) < 4.78 is 12.2. The Labute approximate surface area is 200 Å². The summed E-state index contributed by atoms with van der Waals surface area (Å²) in [6.07, 6.45) is 3.77. The van der Waals surface area contributed by atoms with E-state index < -0.39 is 14.3 Å². The molecule has 0 aliphatic heterocycles. The Balaban J connectivity index is 2.48. The Kier molecular flexibility index (Phi) is 10.5. The van der Waals surface area contributed by atoms with Crippen molar-refractivity contribution < 1.29 is 18.8 Å². The first-order chi connectivity index (χ1) is 15.7. The van der Waals surface area contributed by atoms with E-state index in [-0.39, 0.29) is 36.4 Å². The first kappa shape index (κ1) is 27.0. The number of rotatable bonds is 13. The van der Waals surface area contributed by atoms with Gasteiger partial charge in [0.15, 0.2) is 0 Å². The molecule has 0 amide bonds. The van der Waals surface area contributed by atoms with Crippen molar-refractivity contribution in [3.8, 4) is 0 Å². The van der Waals surface area contributed by atoms with Crippen LogP contribution < -0.4 is 10.4 Å². The summed E-state index contributed by atoms with van der Waals surface area (Å²) in [6.45, 7) is 10.9. The second kappa shape index (κ2) is 12.9. The molecule has 0 aromatic heterocycles. The molecule has 0 bridgehead atoms. The van der Waals surface area contributed by atoms with Gasteiger partial charge in [-0.1, -0.05) is 108 Å². The minimum atomic E-state index is -2.76. The van der Waals surface area contributed by atoms with Crippen LogP contribution in [0, 0.1) is 0 Å². The van der Waals surface area contributed by atoms with Crippen molar-refractivity contribution in [2.24, 2.45) is 0 Å². The van der Waals surface area contributed by atoms with Gasteiger partial charge in [-0.15, -0.1) is 0 Å². The highest BCUT2D eigenvalue weighted by Gasteiger charge is 2.51. The van der Waals surface area contributed by atoms with Crippen LogP contribution in [0.2, 0.25) is 5.04 Å². The van der Waals surface area contributed by atoms with Crippen molar-refractivity contribution in [3.63, 3.8) is 0 Å². The zero-order chi connectivity index (χ0) is 24.3. The molecule has 2 aromatic rings. The fourth-order valence-electron chi connectivity index (χ4n) is 4.47. The minimum Gasteiger partial charge on any atom is -0.466 e. The van der Waals surface area contributed by atoms with E-state index in [1.54, 1.807) is 6.92 Å². The van der Waals surface area contributed by atoms with Crippen LogP contribution in [0.25, 0.3) is 0 Å². The number of unbranched alkanes of at least 4 members (excludes halogenated alkanes) is 2. The summed E-state index contributed by atoms with van der Waals surface area (Å²) in [7, 11) is -2.76. The van der Waals surface area contributed by atoms with Gasteiger partial charge in [-0.2, -0.15) is 0 Å². The summed E-state index contributed by atoms with van der Waals surface area (Å²) in [4.78, 5) is 24.7. The highest BCUT2D eigenvalue weighted by atomic mass is 28.4. The van der Waals surface area contributed by atoms with Gasteiger partial charge in [-0.05, 0) is 28.8 Å². The number of ketones is 1. The molecule has 180 valence electrons. The maximum absolute atomic E-state index is 12.8. The minimum absolute atomic E-state index is 0.118. The third-order valence-electron chi connectivity index (χ3n) is 5.99. The standard InChI is InChI=1S/C28H40O4Si/c1-6-8-11-16-24(21-23(29)22-27(30)31-7-2)32-33(28(3,4)5,25-17-12-9-13-18-25)26-19-14-10-15-20-26/h9-10,12-15,17-20,24H,6-8,11,16,21-22H2,1-5H3/t24-/m1/s1. The SMILES string of the molecule is CCCCC[C@H](CC(=O)CC(=O)OCC)O[Si](c1ccccc1)(c1ccccc1)C(C)(C)C. The molecular formula is C28H40O4Si. The molecule has 5 heteroatoms. The zero-order valence-corrected chi connectivity index (χ0v) is 21.9.